The lowest BCUT2D eigenvalue weighted by molar-refractivity contribution is 0.241. The Labute approximate surface area is 64.2 Å². The molecule has 0 spiro atoms. The van der Waals surface area contributed by atoms with E-state index in [0.29, 0.717) is 0 Å². The van der Waals surface area contributed by atoms with Crippen LogP contribution >= 0.6 is 0 Å². The monoisotopic (exact) mass is 141 g/mol. The number of hydrogen-bond acceptors (Lipinski definition) is 1. The second kappa shape index (κ2) is 3.97. The minimum Gasteiger partial charge on any atom is -0.314 e. The third kappa shape index (κ3) is 1.98. The average molecular weight is 141 g/mol. The largest absolute Gasteiger partial charge is 0.314 e. The van der Waals surface area contributed by atoms with Gasteiger partial charge in [-0.05, 0) is 38.6 Å². The van der Waals surface area contributed by atoms with E-state index in [9.17, 15) is 0 Å². The van der Waals surface area contributed by atoms with Gasteiger partial charge in [0.25, 0.3) is 0 Å². The molecule has 0 heterocycles. The van der Waals surface area contributed by atoms with Crippen molar-refractivity contribution >= 4 is 0 Å². The summed E-state index contributed by atoms with van der Waals surface area (Å²) in [4.78, 5) is 0. The SMILES string of the molecule is CCCN[C@H](C)C1CCC1. The molecule has 1 rings (SSSR count). The maximum atomic E-state index is 3.53. The predicted octanol–water partition coefficient (Wildman–Crippen LogP) is 2.17. The molecule has 0 unspecified atom stereocenters. The summed E-state index contributed by atoms with van der Waals surface area (Å²) in [5.74, 6) is 0.992. The predicted molar refractivity (Wildman–Crippen MR) is 45.1 cm³/mol. The molecule has 0 aromatic carbocycles. The van der Waals surface area contributed by atoms with Crippen LogP contribution in [0.2, 0.25) is 0 Å². The van der Waals surface area contributed by atoms with E-state index in [-0.39, 0.29) is 0 Å². The lowest BCUT2D eigenvalue weighted by atomic mass is 9.80. The van der Waals surface area contributed by atoms with Crippen LogP contribution in [0.15, 0.2) is 0 Å². The summed E-state index contributed by atoms with van der Waals surface area (Å²) in [6.07, 6.45) is 5.63. The molecular formula is C9H19N. The highest BCUT2D eigenvalue weighted by Gasteiger charge is 2.22. The standard InChI is InChI=1S/C9H19N/c1-3-7-10-8(2)9-5-4-6-9/h8-10H,3-7H2,1-2H3/t8-/m1/s1. The number of rotatable bonds is 4. The Bertz CT molecular complexity index is 86.7. The molecule has 0 aliphatic heterocycles. The van der Waals surface area contributed by atoms with Crippen molar-refractivity contribution in [2.75, 3.05) is 6.54 Å². The maximum absolute atomic E-state index is 3.53. The number of nitrogens with one attached hydrogen (secondary N) is 1. The van der Waals surface area contributed by atoms with Crippen LogP contribution in [0.4, 0.5) is 0 Å². The smallest absolute Gasteiger partial charge is 0.00669 e. The van der Waals surface area contributed by atoms with Gasteiger partial charge in [-0.25, -0.2) is 0 Å². The van der Waals surface area contributed by atoms with E-state index in [2.05, 4.69) is 19.2 Å². The minimum absolute atomic E-state index is 0.772. The summed E-state index contributed by atoms with van der Waals surface area (Å²) in [5, 5.41) is 3.53. The van der Waals surface area contributed by atoms with Gasteiger partial charge in [-0.15, -0.1) is 0 Å². The van der Waals surface area contributed by atoms with Crippen molar-refractivity contribution in [3.8, 4) is 0 Å². The highest BCUT2D eigenvalue weighted by atomic mass is 14.9. The fourth-order valence-corrected chi connectivity index (χ4v) is 1.48. The Morgan fingerprint density at radius 3 is 2.60 bits per heavy atom. The molecule has 1 atom stereocenters. The van der Waals surface area contributed by atoms with Crippen molar-refractivity contribution in [1.29, 1.82) is 0 Å². The van der Waals surface area contributed by atoms with Gasteiger partial charge in [0.15, 0.2) is 0 Å². The zero-order chi connectivity index (χ0) is 7.40. The highest BCUT2D eigenvalue weighted by molar-refractivity contribution is 4.78. The molecule has 0 bridgehead atoms. The van der Waals surface area contributed by atoms with Crippen molar-refractivity contribution in [2.24, 2.45) is 5.92 Å². The normalized spacial score (nSPS) is 22.2. The van der Waals surface area contributed by atoms with Gasteiger partial charge in [-0.3, -0.25) is 0 Å². The molecule has 1 aliphatic carbocycles. The molecule has 0 aromatic heterocycles. The Hall–Kier alpha value is -0.0400. The van der Waals surface area contributed by atoms with Crippen molar-refractivity contribution < 1.29 is 0 Å². The first-order chi connectivity index (χ1) is 4.84. The van der Waals surface area contributed by atoms with Crippen LogP contribution in [0.3, 0.4) is 0 Å². The van der Waals surface area contributed by atoms with Gasteiger partial charge in [-0.2, -0.15) is 0 Å². The Morgan fingerprint density at radius 1 is 1.50 bits per heavy atom. The summed E-state index contributed by atoms with van der Waals surface area (Å²) >= 11 is 0. The van der Waals surface area contributed by atoms with E-state index in [1.165, 1.54) is 32.2 Å². The third-order valence-electron chi connectivity index (χ3n) is 2.57. The second-order valence-corrected chi connectivity index (χ2v) is 3.43. The molecule has 1 fully saturated rings. The van der Waals surface area contributed by atoms with E-state index >= 15 is 0 Å². The molecule has 1 aliphatic rings. The van der Waals surface area contributed by atoms with E-state index in [1.807, 2.05) is 0 Å². The van der Waals surface area contributed by atoms with Gasteiger partial charge < -0.3 is 5.32 Å². The summed E-state index contributed by atoms with van der Waals surface area (Å²) in [6, 6.07) is 0.772. The van der Waals surface area contributed by atoms with Crippen molar-refractivity contribution in [2.45, 2.75) is 45.6 Å². The minimum atomic E-state index is 0.772. The number of hydrogen-bond donors (Lipinski definition) is 1. The van der Waals surface area contributed by atoms with Gasteiger partial charge in [0.2, 0.25) is 0 Å². The summed E-state index contributed by atoms with van der Waals surface area (Å²) < 4.78 is 0. The van der Waals surface area contributed by atoms with E-state index in [4.69, 9.17) is 0 Å². The quantitative estimate of drug-likeness (QED) is 0.632. The van der Waals surface area contributed by atoms with Gasteiger partial charge in [0, 0.05) is 6.04 Å². The molecule has 0 amide bonds. The van der Waals surface area contributed by atoms with Gasteiger partial charge in [-0.1, -0.05) is 13.3 Å². The lowest BCUT2D eigenvalue weighted by Crippen LogP contribution is -2.37. The van der Waals surface area contributed by atoms with Crippen LogP contribution in [-0.4, -0.2) is 12.6 Å². The third-order valence-corrected chi connectivity index (χ3v) is 2.57. The lowest BCUT2D eigenvalue weighted by Gasteiger charge is -2.31. The first-order valence-electron chi connectivity index (χ1n) is 4.58. The molecule has 0 saturated heterocycles. The van der Waals surface area contributed by atoms with Gasteiger partial charge in [0.05, 0.1) is 0 Å². The van der Waals surface area contributed by atoms with Gasteiger partial charge >= 0.3 is 0 Å². The van der Waals surface area contributed by atoms with Crippen LogP contribution in [0, 0.1) is 5.92 Å². The van der Waals surface area contributed by atoms with Crippen molar-refractivity contribution in [1.82, 2.24) is 5.32 Å². The zero-order valence-corrected chi connectivity index (χ0v) is 7.19. The topological polar surface area (TPSA) is 12.0 Å². The van der Waals surface area contributed by atoms with Crippen LogP contribution in [-0.2, 0) is 0 Å². The molecular weight excluding hydrogens is 122 g/mol. The highest BCUT2D eigenvalue weighted by Crippen LogP contribution is 2.29. The van der Waals surface area contributed by atoms with Crippen LogP contribution in [0.5, 0.6) is 0 Å². The maximum Gasteiger partial charge on any atom is 0.00669 e. The fourth-order valence-electron chi connectivity index (χ4n) is 1.48. The van der Waals surface area contributed by atoms with E-state index in [1.54, 1.807) is 0 Å². The first-order valence-corrected chi connectivity index (χ1v) is 4.58. The Balaban J connectivity index is 2.02. The average Bonchev–Trinajstić information content (AvgIpc) is 1.79. The van der Waals surface area contributed by atoms with Crippen LogP contribution in [0.25, 0.3) is 0 Å². The molecule has 1 N–H and O–H groups in total. The molecule has 1 heteroatoms. The van der Waals surface area contributed by atoms with E-state index < -0.39 is 0 Å². The van der Waals surface area contributed by atoms with Crippen LogP contribution < -0.4 is 5.32 Å². The second-order valence-electron chi connectivity index (χ2n) is 3.43. The van der Waals surface area contributed by atoms with Crippen LogP contribution in [0.1, 0.15) is 39.5 Å². The Kier molecular flexibility index (Phi) is 3.20. The molecule has 60 valence electrons. The molecule has 1 nitrogen and oxygen atoms in total. The molecule has 1 saturated carbocycles. The van der Waals surface area contributed by atoms with Gasteiger partial charge in [0.1, 0.15) is 0 Å². The summed E-state index contributed by atoms with van der Waals surface area (Å²) in [7, 11) is 0. The van der Waals surface area contributed by atoms with Crippen molar-refractivity contribution in [3.05, 3.63) is 0 Å². The molecule has 0 aromatic rings. The fraction of sp³-hybridized carbons (Fsp3) is 1.00. The summed E-state index contributed by atoms with van der Waals surface area (Å²) in [5.41, 5.74) is 0. The first kappa shape index (κ1) is 8.06. The molecule has 0 radical (unpaired) electrons. The van der Waals surface area contributed by atoms with E-state index in [0.717, 1.165) is 12.0 Å². The molecule has 10 heavy (non-hydrogen) atoms. The zero-order valence-electron chi connectivity index (χ0n) is 7.19. The van der Waals surface area contributed by atoms with Crippen molar-refractivity contribution in [3.63, 3.8) is 0 Å². The Morgan fingerprint density at radius 2 is 2.20 bits per heavy atom. The summed E-state index contributed by atoms with van der Waals surface area (Å²) in [6.45, 7) is 5.73.